The molecule has 27 heavy (non-hydrogen) atoms. The Kier molecular flexibility index (Phi) is 6.48. The Morgan fingerprint density at radius 3 is 2.67 bits per heavy atom. The average molecular weight is 367 g/mol. The van der Waals surface area contributed by atoms with Crippen molar-refractivity contribution in [3.05, 3.63) is 64.7 Å². The molecule has 0 spiro atoms. The Hall–Kier alpha value is -2.37. The van der Waals surface area contributed by atoms with Gasteiger partial charge in [0.1, 0.15) is 0 Å². The highest BCUT2D eigenvalue weighted by molar-refractivity contribution is 5.92. The molecule has 144 valence electrons. The lowest BCUT2D eigenvalue weighted by atomic mass is 10.1. The van der Waals surface area contributed by atoms with Gasteiger partial charge in [0.25, 0.3) is 0 Å². The van der Waals surface area contributed by atoms with E-state index < -0.39 is 0 Å². The number of rotatable bonds is 5. The molecule has 1 aliphatic rings. The van der Waals surface area contributed by atoms with Crippen LogP contribution in [0, 0.1) is 13.8 Å². The summed E-state index contributed by atoms with van der Waals surface area (Å²) < 4.78 is 5.62. The molecule has 3 rings (SSSR count). The third-order valence-corrected chi connectivity index (χ3v) is 4.65. The van der Waals surface area contributed by atoms with Gasteiger partial charge >= 0.3 is 0 Å². The summed E-state index contributed by atoms with van der Waals surface area (Å²) in [7, 11) is 0. The lowest BCUT2D eigenvalue weighted by molar-refractivity contribution is -0.0212. The van der Waals surface area contributed by atoms with Crippen LogP contribution in [-0.4, -0.2) is 36.7 Å². The predicted octanol–water partition coefficient (Wildman–Crippen LogP) is 3.45. The summed E-state index contributed by atoms with van der Waals surface area (Å²) in [6.07, 6.45) is 0.308. The quantitative estimate of drug-likeness (QED) is 0.628. The smallest absolute Gasteiger partial charge is 0.193 e. The van der Waals surface area contributed by atoms with Gasteiger partial charge < -0.3 is 15.8 Å². The molecule has 0 amide bonds. The highest BCUT2D eigenvalue weighted by atomic mass is 16.5. The third-order valence-electron chi connectivity index (χ3n) is 4.65. The van der Waals surface area contributed by atoms with E-state index >= 15 is 0 Å². The molecule has 1 heterocycles. The van der Waals surface area contributed by atoms with E-state index in [1.165, 1.54) is 22.3 Å². The van der Waals surface area contributed by atoms with E-state index in [2.05, 4.69) is 78.4 Å². The highest BCUT2D eigenvalue weighted by Gasteiger charge is 2.16. The first-order valence-electron chi connectivity index (χ1n) is 9.55. The summed E-state index contributed by atoms with van der Waals surface area (Å²) >= 11 is 0. The van der Waals surface area contributed by atoms with Gasteiger partial charge in [-0.05, 0) is 55.2 Å². The van der Waals surface area contributed by atoms with Gasteiger partial charge in [-0.2, -0.15) is 0 Å². The SMILES string of the molecule is Cc1cc(C)cc(NC(N)=NCc2cccc(CN3CCOC(C)C3)c2)c1. The summed E-state index contributed by atoms with van der Waals surface area (Å²) in [5.41, 5.74) is 11.9. The molecule has 2 aromatic carbocycles. The van der Waals surface area contributed by atoms with E-state index in [1.807, 2.05) is 0 Å². The number of guanidine groups is 1. The fraction of sp³-hybridized carbons (Fsp3) is 0.409. The van der Waals surface area contributed by atoms with Crippen molar-refractivity contribution in [2.45, 2.75) is 40.0 Å². The monoisotopic (exact) mass is 366 g/mol. The first-order valence-corrected chi connectivity index (χ1v) is 9.55. The Bertz CT molecular complexity index is 782. The van der Waals surface area contributed by atoms with Crippen LogP contribution in [0.25, 0.3) is 0 Å². The van der Waals surface area contributed by atoms with E-state index in [0.717, 1.165) is 31.9 Å². The van der Waals surface area contributed by atoms with Crippen LogP contribution >= 0.6 is 0 Å². The Balaban J connectivity index is 1.59. The largest absolute Gasteiger partial charge is 0.376 e. The molecule has 0 bridgehead atoms. The van der Waals surface area contributed by atoms with E-state index in [0.29, 0.717) is 18.6 Å². The van der Waals surface area contributed by atoms with Crippen LogP contribution in [0.2, 0.25) is 0 Å². The molecule has 2 aromatic rings. The molecular formula is C22H30N4O. The van der Waals surface area contributed by atoms with Gasteiger partial charge in [-0.3, -0.25) is 4.90 Å². The predicted molar refractivity (Wildman–Crippen MR) is 112 cm³/mol. The first-order chi connectivity index (χ1) is 13.0. The van der Waals surface area contributed by atoms with Crippen molar-refractivity contribution in [1.29, 1.82) is 0 Å². The summed E-state index contributed by atoms with van der Waals surface area (Å²) in [4.78, 5) is 6.94. The number of hydrogen-bond donors (Lipinski definition) is 2. The second-order valence-electron chi connectivity index (χ2n) is 7.44. The van der Waals surface area contributed by atoms with Crippen LogP contribution in [0.4, 0.5) is 5.69 Å². The van der Waals surface area contributed by atoms with Crippen LogP contribution in [0.1, 0.15) is 29.2 Å². The summed E-state index contributed by atoms with van der Waals surface area (Å²) in [6.45, 7) is 10.6. The number of morpholine rings is 1. The molecule has 0 aromatic heterocycles. The zero-order valence-corrected chi connectivity index (χ0v) is 16.5. The second-order valence-corrected chi connectivity index (χ2v) is 7.44. The Labute approximate surface area is 162 Å². The summed E-state index contributed by atoms with van der Waals surface area (Å²) in [5, 5.41) is 3.18. The number of hydrogen-bond acceptors (Lipinski definition) is 3. The maximum absolute atomic E-state index is 6.07. The fourth-order valence-electron chi connectivity index (χ4n) is 3.53. The van der Waals surface area contributed by atoms with E-state index in [-0.39, 0.29) is 0 Å². The van der Waals surface area contributed by atoms with Crippen LogP contribution in [-0.2, 0) is 17.8 Å². The molecule has 1 fully saturated rings. The topological polar surface area (TPSA) is 62.9 Å². The average Bonchev–Trinajstić information content (AvgIpc) is 2.59. The lowest BCUT2D eigenvalue weighted by Crippen LogP contribution is -2.40. The molecule has 1 unspecified atom stereocenters. The lowest BCUT2D eigenvalue weighted by Gasteiger charge is -2.31. The highest BCUT2D eigenvalue weighted by Crippen LogP contribution is 2.14. The maximum atomic E-state index is 6.07. The van der Waals surface area contributed by atoms with Crippen molar-refractivity contribution in [3.63, 3.8) is 0 Å². The minimum atomic E-state index is 0.308. The van der Waals surface area contributed by atoms with Gasteiger partial charge in [-0.25, -0.2) is 4.99 Å². The number of nitrogens with two attached hydrogens (primary N) is 1. The van der Waals surface area contributed by atoms with Crippen LogP contribution in [0.5, 0.6) is 0 Å². The molecule has 3 N–H and O–H groups in total. The Morgan fingerprint density at radius 1 is 1.19 bits per heavy atom. The molecule has 1 saturated heterocycles. The van der Waals surface area contributed by atoms with Gasteiger partial charge in [0.15, 0.2) is 5.96 Å². The number of benzene rings is 2. The minimum absolute atomic E-state index is 0.308. The fourth-order valence-corrected chi connectivity index (χ4v) is 3.53. The van der Waals surface area contributed by atoms with Gasteiger partial charge in [-0.15, -0.1) is 0 Å². The number of anilines is 1. The molecule has 0 saturated carbocycles. The van der Waals surface area contributed by atoms with E-state index in [4.69, 9.17) is 10.5 Å². The van der Waals surface area contributed by atoms with Crippen molar-refractivity contribution in [2.24, 2.45) is 10.7 Å². The van der Waals surface area contributed by atoms with Crippen LogP contribution in [0.3, 0.4) is 0 Å². The molecule has 5 nitrogen and oxygen atoms in total. The summed E-state index contributed by atoms with van der Waals surface area (Å²) in [5.74, 6) is 0.437. The van der Waals surface area contributed by atoms with Crippen molar-refractivity contribution in [1.82, 2.24) is 4.90 Å². The molecule has 1 aliphatic heterocycles. The van der Waals surface area contributed by atoms with Crippen molar-refractivity contribution in [2.75, 3.05) is 25.0 Å². The molecule has 0 radical (unpaired) electrons. The van der Waals surface area contributed by atoms with Crippen LogP contribution in [0.15, 0.2) is 47.5 Å². The van der Waals surface area contributed by atoms with Gasteiger partial charge in [0.05, 0.1) is 19.3 Å². The van der Waals surface area contributed by atoms with Crippen molar-refractivity contribution < 1.29 is 4.74 Å². The molecule has 0 aliphatic carbocycles. The zero-order valence-electron chi connectivity index (χ0n) is 16.5. The first kappa shape index (κ1) is 19.4. The van der Waals surface area contributed by atoms with E-state index in [1.54, 1.807) is 0 Å². The third kappa shape index (κ3) is 6.08. The Morgan fingerprint density at radius 2 is 1.93 bits per heavy atom. The number of aliphatic imine (C=N–C) groups is 1. The number of ether oxygens (including phenoxy) is 1. The van der Waals surface area contributed by atoms with Crippen molar-refractivity contribution in [3.8, 4) is 0 Å². The van der Waals surface area contributed by atoms with Crippen LogP contribution < -0.4 is 11.1 Å². The van der Waals surface area contributed by atoms with E-state index in [9.17, 15) is 0 Å². The van der Waals surface area contributed by atoms with Gasteiger partial charge in [0.2, 0.25) is 0 Å². The maximum Gasteiger partial charge on any atom is 0.193 e. The standard InChI is InChI=1S/C22H30N4O/c1-16-9-17(2)11-21(10-16)25-22(23)24-13-19-5-4-6-20(12-19)15-26-7-8-27-18(3)14-26/h4-6,9-12,18H,7-8,13-15H2,1-3H3,(H3,23,24,25). The number of aryl methyl sites for hydroxylation is 2. The molecular weight excluding hydrogens is 336 g/mol. The van der Waals surface area contributed by atoms with Gasteiger partial charge in [0, 0.05) is 25.3 Å². The number of nitrogens with one attached hydrogen (secondary N) is 1. The minimum Gasteiger partial charge on any atom is -0.376 e. The zero-order chi connectivity index (χ0) is 19.2. The van der Waals surface area contributed by atoms with Crippen molar-refractivity contribution >= 4 is 11.6 Å². The summed E-state index contributed by atoms with van der Waals surface area (Å²) in [6, 6.07) is 14.9. The number of nitrogens with zero attached hydrogens (tertiary/aromatic N) is 2. The second kappa shape index (κ2) is 9.02. The molecule has 5 heteroatoms. The normalized spacial score (nSPS) is 18.5. The molecule has 1 atom stereocenters. The van der Waals surface area contributed by atoms with Gasteiger partial charge in [-0.1, -0.05) is 30.3 Å².